The Hall–Kier alpha value is -0.0800. The van der Waals surface area contributed by atoms with Crippen LogP contribution in [0.25, 0.3) is 0 Å². The maximum Gasteiger partial charge on any atom is 0.00815 e. The topological polar surface area (TPSA) is 29.3 Å². The summed E-state index contributed by atoms with van der Waals surface area (Å²) in [7, 11) is 0. The molecule has 0 aliphatic carbocycles. The maximum atomic E-state index is 5.87. The van der Waals surface area contributed by atoms with Gasteiger partial charge in [0.2, 0.25) is 0 Å². The van der Waals surface area contributed by atoms with Gasteiger partial charge in [0.05, 0.1) is 0 Å². The molecule has 1 rings (SSSR count). The van der Waals surface area contributed by atoms with Crippen LogP contribution in [0, 0.1) is 5.92 Å². The molecule has 90 valence electrons. The van der Waals surface area contributed by atoms with E-state index in [4.69, 9.17) is 5.73 Å². The zero-order valence-electron chi connectivity index (χ0n) is 10.7. The van der Waals surface area contributed by atoms with Gasteiger partial charge in [0, 0.05) is 12.1 Å². The van der Waals surface area contributed by atoms with E-state index in [1.807, 2.05) is 0 Å². The van der Waals surface area contributed by atoms with Crippen molar-refractivity contribution in [3.8, 4) is 0 Å². The Labute approximate surface area is 95.2 Å². The van der Waals surface area contributed by atoms with Crippen molar-refractivity contribution in [2.24, 2.45) is 11.7 Å². The van der Waals surface area contributed by atoms with E-state index < -0.39 is 0 Å². The number of likely N-dealkylation sites (tertiary alicyclic amines) is 1. The molecule has 3 unspecified atom stereocenters. The minimum Gasteiger partial charge on any atom is -0.328 e. The van der Waals surface area contributed by atoms with Crippen molar-refractivity contribution < 1.29 is 0 Å². The number of nitrogens with zero attached hydrogens (tertiary/aromatic N) is 1. The average Bonchev–Trinajstić information content (AvgIpc) is 2.41. The summed E-state index contributed by atoms with van der Waals surface area (Å²) in [6, 6.07) is 1.01. The minimum absolute atomic E-state index is 0.338. The highest BCUT2D eigenvalue weighted by Crippen LogP contribution is 2.22. The first-order chi connectivity index (χ1) is 7.13. The molecule has 0 saturated carbocycles. The van der Waals surface area contributed by atoms with Gasteiger partial charge in [0.15, 0.2) is 0 Å². The predicted octanol–water partition coefficient (Wildman–Crippen LogP) is 2.62. The Balaban J connectivity index is 2.35. The van der Waals surface area contributed by atoms with Gasteiger partial charge in [-0.05, 0) is 58.5 Å². The van der Waals surface area contributed by atoms with Crippen LogP contribution in [-0.2, 0) is 0 Å². The molecule has 0 bridgehead atoms. The van der Waals surface area contributed by atoms with Crippen LogP contribution in [0.4, 0.5) is 0 Å². The quantitative estimate of drug-likeness (QED) is 0.776. The molecule has 0 amide bonds. The van der Waals surface area contributed by atoms with Crippen molar-refractivity contribution in [1.29, 1.82) is 0 Å². The lowest BCUT2D eigenvalue weighted by atomic mass is 9.98. The van der Waals surface area contributed by atoms with Gasteiger partial charge in [-0.2, -0.15) is 0 Å². The van der Waals surface area contributed by atoms with Crippen LogP contribution in [0.15, 0.2) is 0 Å². The highest BCUT2D eigenvalue weighted by molar-refractivity contribution is 4.75. The smallest absolute Gasteiger partial charge is 0.00815 e. The fourth-order valence-corrected chi connectivity index (χ4v) is 2.72. The molecule has 0 radical (unpaired) electrons. The molecule has 1 saturated heterocycles. The average molecular weight is 212 g/mol. The van der Waals surface area contributed by atoms with E-state index in [2.05, 4.69) is 25.7 Å². The Morgan fingerprint density at radius 1 is 1.27 bits per heavy atom. The van der Waals surface area contributed by atoms with Crippen LogP contribution in [0.2, 0.25) is 0 Å². The third-order valence-corrected chi connectivity index (χ3v) is 3.80. The van der Waals surface area contributed by atoms with Crippen molar-refractivity contribution in [2.75, 3.05) is 13.1 Å². The Morgan fingerprint density at radius 3 is 2.60 bits per heavy atom. The molecule has 1 heterocycles. The van der Waals surface area contributed by atoms with Gasteiger partial charge in [-0.15, -0.1) is 0 Å². The van der Waals surface area contributed by atoms with E-state index in [0.717, 1.165) is 12.3 Å². The molecule has 3 atom stereocenters. The second-order valence-corrected chi connectivity index (χ2v) is 5.30. The van der Waals surface area contributed by atoms with Crippen LogP contribution < -0.4 is 5.73 Å². The molecule has 0 aromatic rings. The lowest BCUT2D eigenvalue weighted by molar-refractivity contribution is 0.198. The zero-order valence-corrected chi connectivity index (χ0v) is 10.7. The first kappa shape index (κ1) is 13.0. The first-order valence-corrected chi connectivity index (χ1v) is 6.63. The summed E-state index contributed by atoms with van der Waals surface area (Å²) in [4.78, 5) is 2.64. The summed E-state index contributed by atoms with van der Waals surface area (Å²) in [5, 5.41) is 0. The molecule has 2 nitrogen and oxygen atoms in total. The van der Waals surface area contributed by atoms with E-state index >= 15 is 0 Å². The van der Waals surface area contributed by atoms with Gasteiger partial charge in [-0.25, -0.2) is 0 Å². The third kappa shape index (κ3) is 4.52. The van der Waals surface area contributed by atoms with Crippen molar-refractivity contribution >= 4 is 0 Å². The van der Waals surface area contributed by atoms with Crippen LogP contribution >= 0.6 is 0 Å². The van der Waals surface area contributed by atoms with E-state index in [-0.39, 0.29) is 0 Å². The minimum atomic E-state index is 0.338. The third-order valence-electron chi connectivity index (χ3n) is 3.80. The number of nitrogens with two attached hydrogens (primary N) is 1. The monoisotopic (exact) mass is 212 g/mol. The van der Waals surface area contributed by atoms with E-state index in [9.17, 15) is 0 Å². The second-order valence-electron chi connectivity index (χ2n) is 5.30. The second kappa shape index (κ2) is 6.49. The van der Waals surface area contributed by atoms with E-state index in [0.29, 0.717) is 12.1 Å². The van der Waals surface area contributed by atoms with Gasteiger partial charge >= 0.3 is 0 Å². The highest BCUT2D eigenvalue weighted by atomic mass is 15.1. The molecular formula is C13H28N2. The molecule has 1 fully saturated rings. The van der Waals surface area contributed by atoms with Crippen LogP contribution in [0.1, 0.15) is 52.9 Å². The summed E-state index contributed by atoms with van der Waals surface area (Å²) in [5.74, 6) is 0.970. The standard InChI is InChI=1S/C13H28N2/c1-4-13-6-5-8-15(9-7-13)12(3)10-11(2)14/h11-13H,4-10,14H2,1-3H3. The van der Waals surface area contributed by atoms with E-state index in [1.165, 1.54) is 38.8 Å². The summed E-state index contributed by atoms with van der Waals surface area (Å²) in [5.41, 5.74) is 5.87. The van der Waals surface area contributed by atoms with Gasteiger partial charge in [-0.1, -0.05) is 13.3 Å². The molecule has 2 heteroatoms. The highest BCUT2D eigenvalue weighted by Gasteiger charge is 2.20. The van der Waals surface area contributed by atoms with Crippen molar-refractivity contribution in [3.05, 3.63) is 0 Å². The van der Waals surface area contributed by atoms with Crippen LogP contribution in [0.3, 0.4) is 0 Å². The van der Waals surface area contributed by atoms with Crippen molar-refractivity contribution in [1.82, 2.24) is 4.90 Å². The number of hydrogen-bond acceptors (Lipinski definition) is 2. The zero-order chi connectivity index (χ0) is 11.3. The van der Waals surface area contributed by atoms with Crippen molar-refractivity contribution in [2.45, 2.75) is 65.0 Å². The van der Waals surface area contributed by atoms with Crippen LogP contribution in [0.5, 0.6) is 0 Å². The molecular weight excluding hydrogens is 184 g/mol. The lowest BCUT2D eigenvalue weighted by Crippen LogP contribution is -2.37. The Morgan fingerprint density at radius 2 is 2.00 bits per heavy atom. The Bertz CT molecular complexity index is 168. The van der Waals surface area contributed by atoms with Crippen LogP contribution in [-0.4, -0.2) is 30.1 Å². The number of hydrogen-bond donors (Lipinski definition) is 1. The molecule has 0 aromatic heterocycles. The molecule has 0 spiro atoms. The molecule has 0 aromatic carbocycles. The van der Waals surface area contributed by atoms with Gasteiger partial charge < -0.3 is 10.6 Å². The molecule has 1 aliphatic heterocycles. The summed E-state index contributed by atoms with van der Waals surface area (Å²) in [6.07, 6.45) is 6.69. The van der Waals surface area contributed by atoms with Gasteiger partial charge in [-0.3, -0.25) is 0 Å². The summed E-state index contributed by atoms with van der Waals surface area (Å²) in [6.45, 7) is 9.33. The molecule has 15 heavy (non-hydrogen) atoms. The normalized spacial score (nSPS) is 28.4. The fraction of sp³-hybridized carbons (Fsp3) is 1.00. The van der Waals surface area contributed by atoms with E-state index in [1.54, 1.807) is 0 Å². The first-order valence-electron chi connectivity index (χ1n) is 6.63. The molecule has 2 N–H and O–H groups in total. The number of rotatable bonds is 4. The summed E-state index contributed by atoms with van der Waals surface area (Å²) >= 11 is 0. The largest absolute Gasteiger partial charge is 0.328 e. The maximum absolute atomic E-state index is 5.87. The lowest BCUT2D eigenvalue weighted by Gasteiger charge is -2.28. The van der Waals surface area contributed by atoms with Gasteiger partial charge in [0.1, 0.15) is 0 Å². The predicted molar refractivity (Wildman–Crippen MR) is 66.9 cm³/mol. The van der Waals surface area contributed by atoms with Crippen molar-refractivity contribution in [3.63, 3.8) is 0 Å². The fourth-order valence-electron chi connectivity index (χ4n) is 2.72. The van der Waals surface area contributed by atoms with Gasteiger partial charge in [0.25, 0.3) is 0 Å². The Kier molecular flexibility index (Phi) is 5.62. The SMILES string of the molecule is CCC1CCCN(C(C)CC(C)N)CC1. The summed E-state index contributed by atoms with van der Waals surface area (Å²) < 4.78 is 0. The molecule has 1 aliphatic rings.